The van der Waals surface area contributed by atoms with Crippen LogP contribution in [0.2, 0.25) is 0 Å². The highest BCUT2D eigenvalue weighted by atomic mass is 32.2. The molecule has 2 aromatic heterocycles. The van der Waals surface area contributed by atoms with E-state index in [1.807, 2.05) is 22.6 Å². The normalized spacial score (nSPS) is 15.7. The molecule has 4 aromatic rings. The van der Waals surface area contributed by atoms with Crippen LogP contribution in [0.15, 0.2) is 48.9 Å². The highest BCUT2D eigenvalue weighted by Crippen LogP contribution is 2.37. The van der Waals surface area contributed by atoms with E-state index in [1.165, 1.54) is 6.26 Å². The lowest BCUT2D eigenvalue weighted by atomic mass is 9.99. The number of rotatable bonds is 6. The Hall–Kier alpha value is -3.66. The molecule has 10 heteroatoms. The number of sulfone groups is 1. The van der Waals surface area contributed by atoms with E-state index >= 15 is 0 Å². The number of nitrogens with two attached hydrogens (primary N) is 1. The average molecular weight is 508 g/mol. The number of fused-ring (bicyclic) bond motifs is 4. The van der Waals surface area contributed by atoms with Crippen molar-refractivity contribution in [1.82, 2.24) is 19.3 Å². The van der Waals surface area contributed by atoms with E-state index in [2.05, 4.69) is 9.97 Å². The van der Waals surface area contributed by atoms with E-state index in [0.29, 0.717) is 41.9 Å². The maximum Gasteiger partial charge on any atom is 0.254 e. The lowest BCUT2D eigenvalue weighted by Gasteiger charge is -2.24. The predicted octanol–water partition coefficient (Wildman–Crippen LogP) is 3.43. The van der Waals surface area contributed by atoms with Crippen molar-refractivity contribution in [3.63, 3.8) is 0 Å². The summed E-state index contributed by atoms with van der Waals surface area (Å²) in [5, 5.41) is 0. The van der Waals surface area contributed by atoms with Crippen LogP contribution in [0, 0.1) is 0 Å². The van der Waals surface area contributed by atoms with Gasteiger partial charge in [0, 0.05) is 24.4 Å². The number of nitrogen functional groups attached to an aromatic ring is 1. The van der Waals surface area contributed by atoms with Crippen molar-refractivity contribution in [1.29, 1.82) is 0 Å². The smallest absolute Gasteiger partial charge is 0.254 e. The van der Waals surface area contributed by atoms with Crippen LogP contribution in [-0.2, 0) is 16.3 Å². The average Bonchev–Trinajstić information content (AvgIpc) is 3.49. The summed E-state index contributed by atoms with van der Waals surface area (Å²) in [5.74, 6) is 0.977. The van der Waals surface area contributed by atoms with Crippen molar-refractivity contribution in [3.05, 3.63) is 65.6 Å². The SMILES string of the molecule is CN(C(=O)c1ccc2nc(N)c3cncn3c2c1)[C@@H]1COc2cc(CCC(C)(C)S(C)(=O)=O)ccc21. The summed E-state index contributed by atoms with van der Waals surface area (Å²) in [4.78, 5) is 23.7. The molecular weight excluding hydrogens is 478 g/mol. The van der Waals surface area contributed by atoms with Gasteiger partial charge in [0.15, 0.2) is 9.84 Å². The molecule has 0 unspecified atom stereocenters. The monoisotopic (exact) mass is 507 g/mol. The molecule has 188 valence electrons. The summed E-state index contributed by atoms with van der Waals surface area (Å²) in [5.41, 5.74) is 10.6. The molecule has 3 heterocycles. The number of aryl methyl sites for hydroxylation is 1. The number of likely N-dealkylation sites (N-methyl/N-ethyl adjacent to an activating group) is 1. The van der Waals surface area contributed by atoms with Crippen LogP contribution < -0.4 is 10.5 Å². The zero-order valence-electron chi connectivity index (χ0n) is 20.7. The topological polar surface area (TPSA) is 120 Å². The second kappa shape index (κ2) is 8.48. The molecule has 2 aromatic carbocycles. The maximum absolute atomic E-state index is 13.4. The number of ether oxygens (including phenoxy) is 1. The van der Waals surface area contributed by atoms with Crippen LogP contribution >= 0.6 is 0 Å². The molecule has 36 heavy (non-hydrogen) atoms. The van der Waals surface area contributed by atoms with Gasteiger partial charge in [-0.3, -0.25) is 9.20 Å². The van der Waals surface area contributed by atoms with Crippen molar-refractivity contribution < 1.29 is 17.9 Å². The number of benzene rings is 2. The lowest BCUT2D eigenvalue weighted by Crippen LogP contribution is -2.32. The summed E-state index contributed by atoms with van der Waals surface area (Å²) in [6.07, 6.45) is 5.71. The first kappa shape index (κ1) is 24.1. The van der Waals surface area contributed by atoms with E-state index in [9.17, 15) is 13.2 Å². The number of carbonyl (C=O) groups is 1. The number of hydrogen-bond donors (Lipinski definition) is 1. The van der Waals surface area contributed by atoms with Gasteiger partial charge in [-0.05, 0) is 56.5 Å². The zero-order chi connectivity index (χ0) is 25.8. The molecule has 0 bridgehead atoms. The Morgan fingerprint density at radius 2 is 2.00 bits per heavy atom. The third-order valence-corrected chi connectivity index (χ3v) is 9.48. The summed E-state index contributed by atoms with van der Waals surface area (Å²) in [6, 6.07) is 11.0. The third kappa shape index (κ3) is 4.05. The van der Waals surface area contributed by atoms with Gasteiger partial charge in [0.05, 0.1) is 34.3 Å². The molecule has 0 saturated carbocycles. The van der Waals surface area contributed by atoms with Crippen LogP contribution in [0.5, 0.6) is 5.75 Å². The second-order valence-corrected chi connectivity index (χ2v) is 12.6. The Morgan fingerprint density at radius 3 is 2.75 bits per heavy atom. The first-order valence-corrected chi connectivity index (χ1v) is 13.6. The fourth-order valence-corrected chi connectivity index (χ4v) is 4.97. The molecule has 9 nitrogen and oxygen atoms in total. The number of aromatic nitrogens is 3. The van der Waals surface area contributed by atoms with Crippen LogP contribution in [0.4, 0.5) is 5.82 Å². The number of anilines is 1. The van der Waals surface area contributed by atoms with Gasteiger partial charge in [-0.15, -0.1) is 0 Å². The van der Waals surface area contributed by atoms with Gasteiger partial charge in [-0.25, -0.2) is 18.4 Å². The molecule has 5 rings (SSSR count). The van der Waals surface area contributed by atoms with Crippen LogP contribution in [0.3, 0.4) is 0 Å². The second-order valence-electron chi connectivity index (χ2n) is 10.00. The Labute approximate surface area is 209 Å². The Bertz CT molecular complexity index is 1610. The van der Waals surface area contributed by atoms with Gasteiger partial charge in [0.2, 0.25) is 0 Å². The van der Waals surface area contributed by atoms with Crippen molar-refractivity contribution in [2.24, 2.45) is 0 Å². The van der Waals surface area contributed by atoms with E-state index in [4.69, 9.17) is 10.5 Å². The van der Waals surface area contributed by atoms with E-state index in [1.54, 1.807) is 56.5 Å². The molecule has 1 aliphatic rings. The number of nitrogens with zero attached hydrogens (tertiary/aromatic N) is 4. The van der Waals surface area contributed by atoms with Crippen molar-refractivity contribution in [2.45, 2.75) is 37.5 Å². The zero-order valence-corrected chi connectivity index (χ0v) is 21.5. The van der Waals surface area contributed by atoms with Gasteiger partial charge >= 0.3 is 0 Å². The predicted molar refractivity (Wildman–Crippen MR) is 139 cm³/mol. The van der Waals surface area contributed by atoms with Crippen molar-refractivity contribution in [3.8, 4) is 5.75 Å². The number of hydrogen-bond acceptors (Lipinski definition) is 7. The van der Waals surface area contributed by atoms with Crippen LogP contribution in [-0.4, -0.2) is 58.3 Å². The van der Waals surface area contributed by atoms with E-state index in [-0.39, 0.29) is 11.9 Å². The van der Waals surface area contributed by atoms with Gasteiger partial charge in [0.1, 0.15) is 23.7 Å². The Morgan fingerprint density at radius 1 is 1.22 bits per heavy atom. The molecule has 0 aliphatic carbocycles. The van der Waals surface area contributed by atoms with Crippen molar-refractivity contribution >= 4 is 38.1 Å². The minimum atomic E-state index is -3.16. The minimum absolute atomic E-state index is 0.137. The summed E-state index contributed by atoms with van der Waals surface area (Å²) in [7, 11) is -1.39. The molecular formula is C26H29N5O4S. The largest absolute Gasteiger partial charge is 0.491 e. The number of amides is 1. The Kier molecular flexibility index (Phi) is 5.66. The first-order chi connectivity index (χ1) is 17.0. The van der Waals surface area contributed by atoms with Gasteiger partial charge in [0.25, 0.3) is 5.91 Å². The van der Waals surface area contributed by atoms with Gasteiger partial charge in [-0.1, -0.05) is 12.1 Å². The van der Waals surface area contributed by atoms with Crippen molar-refractivity contribution in [2.75, 3.05) is 25.6 Å². The summed E-state index contributed by atoms with van der Waals surface area (Å²) in [6.45, 7) is 3.85. The first-order valence-electron chi connectivity index (χ1n) is 11.7. The number of imidazole rings is 1. The highest BCUT2D eigenvalue weighted by Gasteiger charge is 2.32. The maximum atomic E-state index is 13.4. The lowest BCUT2D eigenvalue weighted by molar-refractivity contribution is 0.0708. The molecule has 0 fully saturated rings. The van der Waals surface area contributed by atoms with Gasteiger partial charge < -0.3 is 15.4 Å². The fourth-order valence-electron chi connectivity index (χ4n) is 4.50. The standard InChI is InChI=1S/C26H29N5O4S/c1-26(2,36(4,33)34)10-9-16-5-7-18-22(14-35-23(18)11-16)30(3)25(32)17-6-8-19-20(12-17)31-15-28-13-21(31)24(27)29-19/h5-8,11-13,15,22H,9-10,14H2,1-4H3,(H2,27,29)/t22-/m1/s1. The quantitative estimate of drug-likeness (QED) is 0.425. The van der Waals surface area contributed by atoms with E-state index < -0.39 is 14.6 Å². The molecule has 2 N–H and O–H groups in total. The highest BCUT2D eigenvalue weighted by molar-refractivity contribution is 7.92. The molecule has 1 amide bonds. The third-order valence-electron chi connectivity index (χ3n) is 7.26. The summed E-state index contributed by atoms with van der Waals surface area (Å²) < 4.78 is 31.0. The van der Waals surface area contributed by atoms with Crippen LogP contribution in [0.25, 0.3) is 16.6 Å². The van der Waals surface area contributed by atoms with Gasteiger partial charge in [-0.2, -0.15) is 0 Å². The molecule has 0 spiro atoms. The van der Waals surface area contributed by atoms with E-state index in [0.717, 1.165) is 22.4 Å². The minimum Gasteiger partial charge on any atom is -0.491 e. The number of carbonyl (C=O) groups excluding carboxylic acids is 1. The molecule has 1 aliphatic heterocycles. The fraction of sp³-hybridized carbons (Fsp3) is 0.346. The Balaban J connectivity index is 1.37. The summed E-state index contributed by atoms with van der Waals surface area (Å²) >= 11 is 0. The molecule has 0 radical (unpaired) electrons. The molecule has 0 saturated heterocycles. The molecule has 1 atom stereocenters. The van der Waals surface area contributed by atoms with Crippen LogP contribution in [0.1, 0.15) is 47.8 Å².